The topological polar surface area (TPSA) is 131 Å². The number of carbonyl (C=O) groups excluding carboxylic acids is 2. The van der Waals surface area contributed by atoms with Gasteiger partial charge in [0.15, 0.2) is 0 Å². The molecule has 1 aromatic carbocycles. The highest BCUT2D eigenvalue weighted by Gasteiger charge is 2.26. The van der Waals surface area contributed by atoms with Crippen molar-refractivity contribution in [3.05, 3.63) is 24.3 Å². The number of nitrogens with two attached hydrogens (primary N) is 1. The highest BCUT2D eigenvalue weighted by molar-refractivity contribution is 7.89. The fourth-order valence-electron chi connectivity index (χ4n) is 2.69. The number of hydrogen-bond acceptors (Lipinski definition) is 5. The van der Waals surface area contributed by atoms with Gasteiger partial charge in [-0.05, 0) is 31.0 Å². The first kappa shape index (κ1) is 21.1. The molecule has 0 aliphatic carbocycles. The number of nitrogens with one attached hydrogen (secondary N) is 2. The normalized spacial score (nSPS) is 15.3. The Kier molecular flexibility index (Phi) is 8.01. The van der Waals surface area contributed by atoms with E-state index in [0.717, 1.165) is 12.8 Å². The van der Waals surface area contributed by atoms with Crippen molar-refractivity contribution in [2.45, 2.75) is 30.6 Å². The smallest absolute Gasteiger partial charge is 0.312 e. The number of nitrogens with zero attached hydrogens (tertiary/aromatic N) is 1. The Bertz CT molecular complexity index is 747. The maximum Gasteiger partial charge on any atom is 0.312 e. The van der Waals surface area contributed by atoms with Crippen molar-refractivity contribution < 1.29 is 22.7 Å². The Morgan fingerprint density at radius 1 is 1.15 bits per heavy atom. The lowest BCUT2D eigenvalue weighted by Crippen LogP contribution is -2.40. The van der Waals surface area contributed by atoms with Crippen molar-refractivity contribution in [2.24, 2.45) is 5.73 Å². The summed E-state index contributed by atoms with van der Waals surface area (Å²) < 4.78 is 31.9. The van der Waals surface area contributed by atoms with Gasteiger partial charge in [-0.25, -0.2) is 13.2 Å². The van der Waals surface area contributed by atoms with Crippen LogP contribution in [0.3, 0.4) is 0 Å². The lowest BCUT2D eigenvalue weighted by molar-refractivity contribution is -0.116. The van der Waals surface area contributed by atoms with Crippen LogP contribution < -0.4 is 16.4 Å². The molecule has 1 saturated heterocycles. The molecule has 2 rings (SSSR count). The number of sulfonamides is 1. The molecule has 9 nitrogen and oxygen atoms in total. The van der Waals surface area contributed by atoms with Gasteiger partial charge in [-0.3, -0.25) is 4.79 Å². The predicted octanol–water partition coefficient (Wildman–Crippen LogP) is 0.875. The quantitative estimate of drug-likeness (QED) is 0.531. The molecule has 1 fully saturated rings. The predicted molar refractivity (Wildman–Crippen MR) is 101 cm³/mol. The second kappa shape index (κ2) is 10.2. The van der Waals surface area contributed by atoms with E-state index in [4.69, 9.17) is 10.5 Å². The number of ether oxygens (including phenoxy) is 1. The molecule has 0 atom stereocenters. The Hall–Kier alpha value is -2.17. The van der Waals surface area contributed by atoms with Gasteiger partial charge in [0.1, 0.15) is 0 Å². The second-order valence-electron chi connectivity index (χ2n) is 6.19. The fraction of sp³-hybridized carbons (Fsp3) is 0.529. The van der Waals surface area contributed by atoms with Gasteiger partial charge >= 0.3 is 6.03 Å². The van der Waals surface area contributed by atoms with Gasteiger partial charge < -0.3 is 21.1 Å². The van der Waals surface area contributed by atoms with Crippen LogP contribution in [-0.4, -0.2) is 57.5 Å². The molecule has 1 aliphatic rings. The largest absolute Gasteiger partial charge is 0.379 e. The standard InChI is InChI=1S/C17H26N4O5S/c18-17(23)19-8-3-1-2-7-16(22)20-14-5-4-6-15(13-14)27(24,25)21-9-11-26-12-10-21/h4-6,13H,1-3,7-12H2,(H,20,22)(H3,18,19,23). The third-order valence-corrected chi connectivity index (χ3v) is 6.00. The SMILES string of the molecule is NC(=O)NCCCCCC(=O)Nc1cccc(S(=O)(=O)N2CCOCC2)c1. The van der Waals surface area contributed by atoms with E-state index < -0.39 is 16.1 Å². The molecule has 0 unspecified atom stereocenters. The second-order valence-corrected chi connectivity index (χ2v) is 8.13. The van der Waals surface area contributed by atoms with Gasteiger partial charge in [-0.1, -0.05) is 12.5 Å². The van der Waals surface area contributed by atoms with Crippen LogP contribution >= 0.6 is 0 Å². The number of morpholine rings is 1. The van der Waals surface area contributed by atoms with E-state index in [9.17, 15) is 18.0 Å². The van der Waals surface area contributed by atoms with E-state index in [2.05, 4.69) is 10.6 Å². The Morgan fingerprint density at radius 3 is 2.59 bits per heavy atom. The minimum absolute atomic E-state index is 0.153. The molecule has 0 saturated carbocycles. The summed E-state index contributed by atoms with van der Waals surface area (Å²) in [6.07, 6.45) is 2.50. The number of rotatable bonds is 9. The van der Waals surface area contributed by atoms with Gasteiger partial charge in [0.2, 0.25) is 15.9 Å². The molecule has 0 aromatic heterocycles. The number of carbonyl (C=O) groups is 2. The third kappa shape index (κ3) is 6.81. The van der Waals surface area contributed by atoms with Crippen LogP contribution in [0.1, 0.15) is 25.7 Å². The van der Waals surface area contributed by atoms with E-state index >= 15 is 0 Å². The van der Waals surface area contributed by atoms with Crippen LogP contribution in [0.4, 0.5) is 10.5 Å². The minimum atomic E-state index is -3.60. The molecule has 4 N–H and O–H groups in total. The molecule has 27 heavy (non-hydrogen) atoms. The Balaban J connectivity index is 1.84. The van der Waals surface area contributed by atoms with Gasteiger partial charge in [0.25, 0.3) is 0 Å². The summed E-state index contributed by atoms with van der Waals surface area (Å²) in [6, 6.07) is 5.71. The first-order valence-electron chi connectivity index (χ1n) is 8.91. The fourth-order valence-corrected chi connectivity index (χ4v) is 4.15. The molecule has 10 heteroatoms. The Labute approximate surface area is 159 Å². The lowest BCUT2D eigenvalue weighted by Gasteiger charge is -2.26. The van der Waals surface area contributed by atoms with Crippen LogP contribution in [0.5, 0.6) is 0 Å². The minimum Gasteiger partial charge on any atom is -0.379 e. The molecule has 150 valence electrons. The van der Waals surface area contributed by atoms with Crippen LogP contribution in [0.2, 0.25) is 0 Å². The maximum absolute atomic E-state index is 12.7. The highest BCUT2D eigenvalue weighted by Crippen LogP contribution is 2.20. The molecule has 3 amide bonds. The van der Waals surface area contributed by atoms with Crippen molar-refractivity contribution in [1.29, 1.82) is 0 Å². The zero-order chi connectivity index (χ0) is 19.7. The van der Waals surface area contributed by atoms with E-state index in [-0.39, 0.29) is 10.8 Å². The average molecular weight is 398 g/mol. The molecule has 1 aliphatic heterocycles. The summed E-state index contributed by atoms with van der Waals surface area (Å²) in [7, 11) is -3.60. The molecular formula is C17H26N4O5S. The summed E-state index contributed by atoms with van der Waals surface area (Å²) in [5, 5.41) is 5.22. The van der Waals surface area contributed by atoms with Crippen molar-refractivity contribution in [2.75, 3.05) is 38.2 Å². The van der Waals surface area contributed by atoms with Gasteiger partial charge in [0, 0.05) is 31.7 Å². The molecular weight excluding hydrogens is 372 g/mol. The van der Waals surface area contributed by atoms with E-state index in [1.165, 1.54) is 16.4 Å². The summed E-state index contributed by atoms with van der Waals surface area (Å²) in [5.74, 6) is -0.182. The van der Waals surface area contributed by atoms with Gasteiger partial charge in [-0.2, -0.15) is 4.31 Å². The van der Waals surface area contributed by atoms with E-state index in [0.29, 0.717) is 51.4 Å². The summed E-state index contributed by atoms with van der Waals surface area (Å²) >= 11 is 0. The zero-order valence-electron chi connectivity index (χ0n) is 15.1. The summed E-state index contributed by atoms with van der Waals surface area (Å²) in [4.78, 5) is 22.7. The molecule has 0 bridgehead atoms. The van der Waals surface area contributed by atoms with Gasteiger partial charge in [0.05, 0.1) is 18.1 Å². The van der Waals surface area contributed by atoms with Crippen LogP contribution in [0, 0.1) is 0 Å². The number of unbranched alkanes of at least 4 members (excludes halogenated alkanes) is 2. The number of hydrogen-bond donors (Lipinski definition) is 3. The first-order valence-corrected chi connectivity index (χ1v) is 10.3. The van der Waals surface area contributed by atoms with Crippen LogP contribution in [0.25, 0.3) is 0 Å². The third-order valence-electron chi connectivity index (χ3n) is 4.11. The number of urea groups is 1. The summed E-state index contributed by atoms with van der Waals surface area (Å²) in [6.45, 7) is 1.89. The van der Waals surface area contributed by atoms with E-state index in [1.807, 2.05) is 0 Å². The van der Waals surface area contributed by atoms with Crippen LogP contribution in [0.15, 0.2) is 29.2 Å². The first-order chi connectivity index (χ1) is 12.9. The van der Waals surface area contributed by atoms with Crippen molar-refractivity contribution in [3.63, 3.8) is 0 Å². The maximum atomic E-state index is 12.7. The number of primary amides is 1. The number of amides is 3. The number of anilines is 1. The summed E-state index contributed by atoms with van der Waals surface area (Å²) in [5.41, 5.74) is 5.41. The zero-order valence-corrected chi connectivity index (χ0v) is 16.0. The molecule has 0 radical (unpaired) electrons. The average Bonchev–Trinajstić information content (AvgIpc) is 2.65. The number of benzene rings is 1. The Morgan fingerprint density at radius 2 is 1.89 bits per heavy atom. The molecule has 1 aromatic rings. The van der Waals surface area contributed by atoms with E-state index in [1.54, 1.807) is 12.1 Å². The van der Waals surface area contributed by atoms with Crippen LogP contribution in [-0.2, 0) is 19.6 Å². The van der Waals surface area contributed by atoms with Crippen molar-refractivity contribution in [3.8, 4) is 0 Å². The lowest BCUT2D eigenvalue weighted by atomic mass is 10.2. The van der Waals surface area contributed by atoms with Crippen molar-refractivity contribution >= 4 is 27.6 Å². The van der Waals surface area contributed by atoms with Gasteiger partial charge in [-0.15, -0.1) is 0 Å². The van der Waals surface area contributed by atoms with Crippen molar-refractivity contribution in [1.82, 2.24) is 9.62 Å². The monoisotopic (exact) mass is 398 g/mol. The molecule has 0 spiro atoms. The molecule has 1 heterocycles. The highest BCUT2D eigenvalue weighted by atomic mass is 32.2.